The summed E-state index contributed by atoms with van der Waals surface area (Å²) in [5.74, 6) is 0.201. The minimum absolute atomic E-state index is 0. The first-order valence-electron chi connectivity index (χ1n) is 4.61. The van der Waals surface area contributed by atoms with E-state index in [-0.39, 0.29) is 24.0 Å². The van der Waals surface area contributed by atoms with Crippen molar-refractivity contribution in [1.29, 1.82) is 0 Å². The third-order valence-corrected chi connectivity index (χ3v) is 2.29. The van der Waals surface area contributed by atoms with Gasteiger partial charge in [0, 0.05) is 18.1 Å². The van der Waals surface area contributed by atoms with E-state index >= 15 is 0 Å². The van der Waals surface area contributed by atoms with Crippen LogP contribution in [0.4, 0.5) is 5.69 Å². The molecule has 1 N–H and O–H groups in total. The van der Waals surface area contributed by atoms with E-state index in [1.807, 2.05) is 24.6 Å². The SMILES string of the molecule is Cl.O=[N+]([O-])c1ccc(C2C=CNC=C2)cc1. The molecule has 1 aliphatic rings. The van der Waals surface area contributed by atoms with Gasteiger partial charge in [0.1, 0.15) is 0 Å². The number of nitro benzene ring substituents is 1. The molecule has 0 bridgehead atoms. The Morgan fingerprint density at radius 1 is 1.12 bits per heavy atom. The molecule has 0 saturated carbocycles. The predicted octanol–water partition coefficient (Wildman–Crippen LogP) is 2.73. The molecule has 0 spiro atoms. The Balaban J connectivity index is 0.00000128. The molecule has 0 fully saturated rings. The Hall–Kier alpha value is -1.81. The number of non-ortho nitro benzene ring substituents is 1. The van der Waals surface area contributed by atoms with Crippen molar-refractivity contribution in [3.63, 3.8) is 0 Å². The summed E-state index contributed by atoms with van der Waals surface area (Å²) in [4.78, 5) is 10.1. The molecule has 0 atom stereocenters. The van der Waals surface area contributed by atoms with Gasteiger partial charge in [0.25, 0.3) is 5.69 Å². The number of allylic oxidation sites excluding steroid dienone is 2. The minimum Gasteiger partial charge on any atom is -0.368 e. The van der Waals surface area contributed by atoms with Gasteiger partial charge < -0.3 is 5.32 Å². The fraction of sp³-hybridized carbons (Fsp3) is 0.0909. The Morgan fingerprint density at radius 2 is 1.69 bits per heavy atom. The lowest BCUT2D eigenvalue weighted by atomic mass is 9.98. The largest absolute Gasteiger partial charge is 0.368 e. The number of halogens is 1. The van der Waals surface area contributed by atoms with E-state index in [9.17, 15) is 10.1 Å². The Bertz CT molecular complexity index is 414. The summed E-state index contributed by atoms with van der Waals surface area (Å²) < 4.78 is 0. The number of hydrogen-bond donors (Lipinski definition) is 1. The first-order chi connectivity index (χ1) is 7.27. The normalized spacial score (nSPS) is 14.0. The molecule has 16 heavy (non-hydrogen) atoms. The van der Waals surface area contributed by atoms with Crippen molar-refractivity contribution in [2.45, 2.75) is 5.92 Å². The lowest BCUT2D eigenvalue weighted by molar-refractivity contribution is -0.384. The van der Waals surface area contributed by atoms with Gasteiger partial charge in [-0.1, -0.05) is 24.3 Å². The average molecular weight is 239 g/mol. The number of rotatable bonds is 2. The molecule has 0 aliphatic carbocycles. The second-order valence-electron chi connectivity index (χ2n) is 3.26. The van der Waals surface area contributed by atoms with Gasteiger partial charge in [-0.25, -0.2) is 0 Å². The van der Waals surface area contributed by atoms with Crippen molar-refractivity contribution >= 4 is 18.1 Å². The summed E-state index contributed by atoms with van der Waals surface area (Å²) in [6.45, 7) is 0. The zero-order valence-corrected chi connectivity index (χ0v) is 9.18. The monoisotopic (exact) mass is 238 g/mol. The standard InChI is InChI=1S/C11H10N2O2.ClH/c14-13(15)11-3-1-9(2-4-11)10-5-7-12-8-6-10;/h1-8,10,12H;1H. The smallest absolute Gasteiger partial charge is 0.269 e. The molecule has 5 heteroatoms. The fourth-order valence-corrected chi connectivity index (χ4v) is 1.48. The fourth-order valence-electron chi connectivity index (χ4n) is 1.48. The van der Waals surface area contributed by atoms with Crippen LogP contribution in [-0.2, 0) is 0 Å². The summed E-state index contributed by atoms with van der Waals surface area (Å²) in [6, 6.07) is 6.61. The van der Waals surface area contributed by atoms with Gasteiger partial charge in [-0.3, -0.25) is 10.1 Å². The highest BCUT2D eigenvalue weighted by atomic mass is 35.5. The van der Waals surface area contributed by atoms with Crippen LogP contribution in [0.2, 0.25) is 0 Å². The van der Waals surface area contributed by atoms with Gasteiger partial charge in [-0.05, 0) is 18.0 Å². The van der Waals surface area contributed by atoms with Crippen LogP contribution in [0.25, 0.3) is 0 Å². The zero-order chi connectivity index (χ0) is 10.7. The number of nitro groups is 1. The molecular weight excluding hydrogens is 228 g/mol. The Morgan fingerprint density at radius 3 is 2.19 bits per heavy atom. The second-order valence-corrected chi connectivity index (χ2v) is 3.26. The van der Waals surface area contributed by atoms with E-state index in [1.165, 1.54) is 12.1 Å². The highest BCUT2D eigenvalue weighted by molar-refractivity contribution is 5.85. The maximum Gasteiger partial charge on any atom is 0.269 e. The quantitative estimate of drug-likeness (QED) is 0.637. The predicted molar refractivity (Wildman–Crippen MR) is 64.5 cm³/mol. The molecule has 1 aliphatic heterocycles. The highest BCUT2D eigenvalue weighted by Crippen LogP contribution is 2.22. The summed E-state index contributed by atoms with van der Waals surface area (Å²) in [6.07, 6.45) is 7.71. The van der Waals surface area contributed by atoms with Crippen molar-refractivity contribution in [2.24, 2.45) is 0 Å². The second kappa shape index (κ2) is 5.32. The average Bonchev–Trinajstić information content (AvgIpc) is 2.30. The van der Waals surface area contributed by atoms with E-state index < -0.39 is 4.92 Å². The summed E-state index contributed by atoms with van der Waals surface area (Å²) >= 11 is 0. The number of nitrogens with one attached hydrogen (secondary N) is 1. The Labute approximate surface area is 99.2 Å². The van der Waals surface area contributed by atoms with Gasteiger partial charge in [0.05, 0.1) is 4.92 Å². The molecule has 1 aromatic carbocycles. The van der Waals surface area contributed by atoms with E-state index in [0.29, 0.717) is 0 Å². The van der Waals surface area contributed by atoms with Crippen molar-refractivity contribution in [1.82, 2.24) is 5.32 Å². The van der Waals surface area contributed by atoms with Crippen molar-refractivity contribution < 1.29 is 4.92 Å². The zero-order valence-electron chi connectivity index (χ0n) is 8.37. The maximum absolute atomic E-state index is 10.5. The molecule has 0 saturated heterocycles. The van der Waals surface area contributed by atoms with Crippen molar-refractivity contribution in [3.05, 3.63) is 64.5 Å². The van der Waals surface area contributed by atoms with E-state index in [0.717, 1.165) is 5.56 Å². The highest BCUT2D eigenvalue weighted by Gasteiger charge is 2.09. The Kier molecular flexibility index (Phi) is 4.08. The molecular formula is C11H11ClN2O2. The van der Waals surface area contributed by atoms with Crippen molar-refractivity contribution in [2.75, 3.05) is 0 Å². The van der Waals surface area contributed by atoms with Gasteiger partial charge in [-0.2, -0.15) is 0 Å². The van der Waals surface area contributed by atoms with Crippen molar-refractivity contribution in [3.8, 4) is 0 Å². The lowest BCUT2D eigenvalue weighted by Crippen LogP contribution is -2.02. The summed E-state index contributed by atoms with van der Waals surface area (Å²) in [5, 5.41) is 13.4. The number of nitrogens with zero attached hydrogens (tertiary/aromatic N) is 1. The molecule has 4 nitrogen and oxygen atoms in total. The van der Waals surface area contributed by atoms with Gasteiger partial charge in [0.15, 0.2) is 0 Å². The van der Waals surface area contributed by atoms with Crippen LogP contribution in [0.5, 0.6) is 0 Å². The number of dihydropyridines is 1. The van der Waals surface area contributed by atoms with Crippen LogP contribution in [-0.4, -0.2) is 4.92 Å². The van der Waals surface area contributed by atoms with E-state index in [2.05, 4.69) is 5.32 Å². The summed E-state index contributed by atoms with van der Waals surface area (Å²) in [7, 11) is 0. The van der Waals surface area contributed by atoms with E-state index in [1.54, 1.807) is 12.1 Å². The summed E-state index contributed by atoms with van der Waals surface area (Å²) in [5.41, 5.74) is 1.18. The van der Waals surface area contributed by atoms with Crippen LogP contribution in [0, 0.1) is 10.1 Å². The van der Waals surface area contributed by atoms with Crippen LogP contribution in [0.3, 0.4) is 0 Å². The van der Waals surface area contributed by atoms with Crippen LogP contribution in [0.1, 0.15) is 11.5 Å². The number of benzene rings is 1. The van der Waals surface area contributed by atoms with Gasteiger partial charge >= 0.3 is 0 Å². The maximum atomic E-state index is 10.5. The van der Waals surface area contributed by atoms with Gasteiger partial charge in [-0.15, -0.1) is 12.4 Å². The third-order valence-electron chi connectivity index (χ3n) is 2.29. The van der Waals surface area contributed by atoms with E-state index in [4.69, 9.17) is 0 Å². The topological polar surface area (TPSA) is 55.2 Å². The van der Waals surface area contributed by atoms with Crippen LogP contribution < -0.4 is 5.32 Å². The molecule has 0 aromatic heterocycles. The lowest BCUT2D eigenvalue weighted by Gasteiger charge is -2.11. The molecule has 1 aromatic rings. The molecule has 2 rings (SSSR count). The molecule has 84 valence electrons. The first kappa shape index (κ1) is 12.3. The van der Waals surface area contributed by atoms with Crippen LogP contribution >= 0.6 is 12.4 Å². The van der Waals surface area contributed by atoms with Gasteiger partial charge in [0.2, 0.25) is 0 Å². The first-order valence-corrected chi connectivity index (χ1v) is 4.61. The minimum atomic E-state index is -0.391. The third kappa shape index (κ3) is 2.61. The molecule has 0 amide bonds. The van der Waals surface area contributed by atoms with Crippen LogP contribution in [0.15, 0.2) is 48.8 Å². The molecule has 0 unspecified atom stereocenters. The molecule has 1 heterocycles. The number of hydrogen-bond acceptors (Lipinski definition) is 3. The molecule has 0 radical (unpaired) electrons.